The average Bonchev–Trinajstić information content (AvgIpc) is 2.26. The fourth-order valence-corrected chi connectivity index (χ4v) is 2.35. The summed E-state index contributed by atoms with van der Waals surface area (Å²) >= 11 is 0. The van der Waals surface area contributed by atoms with Crippen molar-refractivity contribution in [1.82, 2.24) is 4.90 Å². The van der Waals surface area contributed by atoms with Crippen LogP contribution in [-0.4, -0.2) is 43.0 Å². The van der Waals surface area contributed by atoms with Gasteiger partial charge in [-0.25, -0.2) is 0 Å². The number of hydrogen-bond acceptors (Lipinski definition) is 3. The monoisotopic (exact) mass is 227 g/mol. The number of rotatable bonds is 7. The largest absolute Gasteiger partial charge is 0.380 e. The number of likely N-dealkylation sites (tertiary alicyclic amines) is 1. The maximum atomic E-state index is 11.2. The van der Waals surface area contributed by atoms with Gasteiger partial charge in [-0.3, -0.25) is 9.69 Å². The predicted molar refractivity (Wildman–Crippen MR) is 65.6 cm³/mol. The van der Waals surface area contributed by atoms with E-state index in [4.69, 9.17) is 4.74 Å². The molecule has 0 bridgehead atoms. The van der Waals surface area contributed by atoms with Crippen LogP contribution in [0, 0.1) is 0 Å². The zero-order valence-corrected chi connectivity index (χ0v) is 10.7. The molecule has 3 nitrogen and oxygen atoms in total. The van der Waals surface area contributed by atoms with E-state index in [1.165, 1.54) is 19.3 Å². The van der Waals surface area contributed by atoms with E-state index < -0.39 is 0 Å². The van der Waals surface area contributed by atoms with Crippen LogP contribution >= 0.6 is 0 Å². The Morgan fingerprint density at radius 3 is 2.88 bits per heavy atom. The molecule has 16 heavy (non-hydrogen) atoms. The van der Waals surface area contributed by atoms with Crippen molar-refractivity contribution in [1.29, 1.82) is 0 Å². The molecule has 1 heterocycles. The average molecular weight is 227 g/mol. The molecule has 3 heteroatoms. The van der Waals surface area contributed by atoms with Crippen molar-refractivity contribution in [2.24, 2.45) is 0 Å². The fraction of sp³-hybridized carbons (Fsp3) is 0.923. The standard InChI is InChI=1S/C13H25NO2/c1-3-9-16-10-8-14-7-5-4-6-13(14)11-12(2)15/h13H,3-11H2,1-2H3. The number of carbonyl (C=O) groups is 1. The Morgan fingerprint density at radius 2 is 2.19 bits per heavy atom. The Morgan fingerprint density at radius 1 is 1.38 bits per heavy atom. The van der Waals surface area contributed by atoms with Crippen LogP contribution in [0.1, 0.15) is 46.0 Å². The van der Waals surface area contributed by atoms with Gasteiger partial charge in [-0.15, -0.1) is 0 Å². The Balaban J connectivity index is 2.26. The third-order valence-corrected chi connectivity index (χ3v) is 3.14. The summed E-state index contributed by atoms with van der Waals surface area (Å²) in [4.78, 5) is 13.6. The van der Waals surface area contributed by atoms with E-state index in [1.54, 1.807) is 6.92 Å². The summed E-state index contributed by atoms with van der Waals surface area (Å²) < 4.78 is 5.51. The molecule has 0 amide bonds. The van der Waals surface area contributed by atoms with Gasteiger partial charge in [-0.1, -0.05) is 13.3 Å². The number of piperidine rings is 1. The second-order valence-electron chi connectivity index (χ2n) is 4.70. The zero-order valence-electron chi connectivity index (χ0n) is 10.7. The summed E-state index contributed by atoms with van der Waals surface area (Å²) in [6.07, 6.45) is 5.50. The van der Waals surface area contributed by atoms with E-state index in [-0.39, 0.29) is 0 Å². The number of carbonyl (C=O) groups excluding carboxylic acids is 1. The molecule has 1 atom stereocenters. The highest BCUT2D eigenvalue weighted by Crippen LogP contribution is 2.19. The minimum Gasteiger partial charge on any atom is -0.380 e. The first-order valence-electron chi connectivity index (χ1n) is 6.55. The molecule has 0 spiro atoms. The molecule has 1 saturated heterocycles. The van der Waals surface area contributed by atoms with Gasteiger partial charge in [-0.05, 0) is 32.7 Å². The minimum absolute atomic E-state index is 0.311. The molecular weight excluding hydrogens is 202 g/mol. The molecule has 1 aliphatic heterocycles. The molecular formula is C13H25NO2. The van der Waals surface area contributed by atoms with Gasteiger partial charge in [0.1, 0.15) is 5.78 Å². The Bertz CT molecular complexity index is 206. The van der Waals surface area contributed by atoms with Crippen LogP contribution < -0.4 is 0 Å². The van der Waals surface area contributed by atoms with Gasteiger partial charge in [-0.2, -0.15) is 0 Å². The van der Waals surface area contributed by atoms with Crippen molar-refractivity contribution in [3.63, 3.8) is 0 Å². The van der Waals surface area contributed by atoms with E-state index >= 15 is 0 Å². The van der Waals surface area contributed by atoms with Crippen molar-refractivity contribution in [2.45, 2.75) is 52.0 Å². The summed E-state index contributed by atoms with van der Waals surface area (Å²) in [6.45, 7) is 7.60. The van der Waals surface area contributed by atoms with Gasteiger partial charge in [0.2, 0.25) is 0 Å². The molecule has 1 rings (SSSR count). The van der Waals surface area contributed by atoms with Crippen molar-refractivity contribution in [2.75, 3.05) is 26.3 Å². The molecule has 0 aromatic carbocycles. The number of nitrogens with zero attached hydrogens (tertiary/aromatic N) is 1. The molecule has 0 radical (unpaired) electrons. The fourth-order valence-electron chi connectivity index (χ4n) is 2.35. The Labute approximate surface area is 99.1 Å². The lowest BCUT2D eigenvalue weighted by Gasteiger charge is -2.35. The van der Waals surface area contributed by atoms with E-state index in [1.807, 2.05) is 0 Å². The molecule has 1 aliphatic rings. The Kier molecular flexibility index (Phi) is 6.65. The lowest BCUT2D eigenvalue weighted by atomic mass is 9.98. The third kappa shape index (κ3) is 5.08. The first kappa shape index (κ1) is 13.7. The lowest BCUT2D eigenvalue weighted by Crippen LogP contribution is -2.42. The van der Waals surface area contributed by atoms with E-state index in [0.29, 0.717) is 18.2 Å². The highest BCUT2D eigenvalue weighted by Gasteiger charge is 2.22. The number of Topliss-reactive ketones (excluding diaryl/α,β-unsaturated/α-hetero) is 1. The van der Waals surface area contributed by atoms with Crippen LogP contribution in [0.2, 0.25) is 0 Å². The highest BCUT2D eigenvalue weighted by molar-refractivity contribution is 5.76. The van der Waals surface area contributed by atoms with Gasteiger partial charge >= 0.3 is 0 Å². The third-order valence-electron chi connectivity index (χ3n) is 3.14. The Hall–Kier alpha value is -0.410. The molecule has 1 unspecified atom stereocenters. The molecule has 0 aromatic heterocycles. The van der Waals surface area contributed by atoms with E-state index in [9.17, 15) is 4.79 Å². The van der Waals surface area contributed by atoms with Gasteiger partial charge in [0.15, 0.2) is 0 Å². The van der Waals surface area contributed by atoms with Crippen molar-refractivity contribution < 1.29 is 9.53 Å². The van der Waals surface area contributed by atoms with Crippen LogP contribution in [0.15, 0.2) is 0 Å². The van der Waals surface area contributed by atoms with Crippen LogP contribution in [0.3, 0.4) is 0 Å². The molecule has 0 N–H and O–H groups in total. The maximum Gasteiger partial charge on any atom is 0.131 e. The van der Waals surface area contributed by atoms with E-state index in [2.05, 4.69) is 11.8 Å². The van der Waals surface area contributed by atoms with Crippen molar-refractivity contribution in [3.8, 4) is 0 Å². The number of ketones is 1. The van der Waals surface area contributed by atoms with E-state index in [0.717, 1.165) is 32.7 Å². The molecule has 0 aromatic rings. The first-order chi connectivity index (χ1) is 7.74. The second kappa shape index (κ2) is 7.80. The summed E-state index contributed by atoms with van der Waals surface area (Å²) in [6, 6.07) is 0.469. The van der Waals surface area contributed by atoms with Crippen LogP contribution in [0.5, 0.6) is 0 Å². The SMILES string of the molecule is CCCOCCN1CCCCC1CC(C)=O. The number of ether oxygens (including phenoxy) is 1. The van der Waals surface area contributed by atoms with Crippen molar-refractivity contribution >= 4 is 5.78 Å². The van der Waals surface area contributed by atoms with Gasteiger partial charge in [0, 0.05) is 25.6 Å². The van der Waals surface area contributed by atoms with Crippen LogP contribution in [-0.2, 0) is 9.53 Å². The predicted octanol–water partition coefficient (Wildman–Crippen LogP) is 2.25. The van der Waals surface area contributed by atoms with Gasteiger partial charge in [0.25, 0.3) is 0 Å². The topological polar surface area (TPSA) is 29.5 Å². The summed E-state index contributed by atoms with van der Waals surface area (Å²) in [5, 5.41) is 0. The summed E-state index contributed by atoms with van der Waals surface area (Å²) in [5.41, 5.74) is 0. The van der Waals surface area contributed by atoms with Crippen LogP contribution in [0.25, 0.3) is 0 Å². The van der Waals surface area contributed by atoms with Crippen LogP contribution in [0.4, 0.5) is 0 Å². The quantitative estimate of drug-likeness (QED) is 0.625. The summed E-state index contributed by atoms with van der Waals surface area (Å²) in [7, 11) is 0. The maximum absolute atomic E-state index is 11.2. The summed E-state index contributed by atoms with van der Waals surface area (Å²) in [5.74, 6) is 0.311. The normalized spacial score (nSPS) is 22.2. The second-order valence-corrected chi connectivity index (χ2v) is 4.70. The molecule has 0 aliphatic carbocycles. The number of hydrogen-bond donors (Lipinski definition) is 0. The zero-order chi connectivity index (χ0) is 11.8. The van der Waals surface area contributed by atoms with Crippen molar-refractivity contribution in [3.05, 3.63) is 0 Å². The van der Waals surface area contributed by atoms with Gasteiger partial charge in [0.05, 0.1) is 6.61 Å². The molecule has 1 fully saturated rings. The molecule has 0 saturated carbocycles. The highest BCUT2D eigenvalue weighted by atomic mass is 16.5. The lowest BCUT2D eigenvalue weighted by molar-refractivity contribution is -0.118. The van der Waals surface area contributed by atoms with Gasteiger partial charge < -0.3 is 4.74 Å². The minimum atomic E-state index is 0.311. The first-order valence-corrected chi connectivity index (χ1v) is 6.55. The molecule has 94 valence electrons. The smallest absolute Gasteiger partial charge is 0.131 e.